The second-order valence-electron chi connectivity index (χ2n) is 2.57. The van der Waals surface area contributed by atoms with Crippen LogP contribution in [-0.4, -0.2) is 33.2 Å². The first kappa shape index (κ1) is 15.3. The highest BCUT2D eigenvalue weighted by Gasteiger charge is 2.21. The van der Waals surface area contributed by atoms with E-state index in [4.69, 9.17) is 15.3 Å². The molecule has 2 atom stereocenters. The summed E-state index contributed by atoms with van der Waals surface area (Å²) in [6.45, 7) is 0. The van der Waals surface area contributed by atoms with Crippen molar-refractivity contribution in [3.63, 3.8) is 0 Å². The fourth-order valence-corrected chi connectivity index (χ4v) is 0.821. The molecule has 0 aliphatic heterocycles. The maximum absolute atomic E-state index is 10.4. The summed E-state index contributed by atoms with van der Waals surface area (Å²) in [6, 6.07) is 0. The van der Waals surface area contributed by atoms with E-state index in [1.807, 2.05) is 0 Å². The van der Waals surface area contributed by atoms with Crippen LogP contribution in [0.15, 0.2) is 0 Å². The van der Waals surface area contributed by atoms with Crippen molar-refractivity contribution >= 4 is 27.8 Å². The van der Waals surface area contributed by atoms with E-state index in [2.05, 4.69) is 0 Å². The molecular formula is C7H13O6P. The van der Waals surface area contributed by atoms with E-state index in [1.165, 1.54) is 0 Å². The first-order valence-corrected chi connectivity index (χ1v) is 3.60. The number of hydrogen-bond donors (Lipinski definition) is 3. The summed E-state index contributed by atoms with van der Waals surface area (Å²) in [4.78, 5) is 30.6. The van der Waals surface area contributed by atoms with Gasteiger partial charge in [0.2, 0.25) is 0 Å². The second-order valence-corrected chi connectivity index (χ2v) is 2.57. The molecule has 0 aliphatic carbocycles. The van der Waals surface area contributed by atoms with Crippen LogP contribution in [-0.2, 0) is 14.4 Å². The van der Waals surface area contributed by atoms with Gasteiger partial charge in [-0.05, 0) is 6.42 Å². The van der Waals surface area contributed by atoms with Crippen LogP contribution in [0.1, 0.15) is 19.3 Å². The Morgan fingerprint density at radius 3 is 1.79 bits per heavy atom. The molecule has 0 bridgehead atoms. The quantitative estimate of drug-likeness (QED) is 0.551. The molecule has 82 valence electrons. The monoisotopic (exact) mass is 224 g/mol. The van der Waals surface area contributed by atoms with E-state index in [9.17, 15) is 14.4 Å². The van der Waals surface area contributed by atoms with E-state index in [-0.39, 0.29) is 22.7 Å². The SMILES string of the molecule is O=C(O)CCC(CC(=O)O)C(=O)O.P. The predicted octanol–water partition coefficient (Wildman–Crippen LogP) is 0.0848. The Labute approximate surface area is 83.5 Å². The molecule has 0 radical (unpaired) electrons. The van der Waals surface area contributed by atoms with Crippen molar-refractivity contribution in [1.82, 2.24) is 0 Å². The summed E-state index contributed by atoms with van der Waals surface area (Å²) < 4.78 is 0. The Hall–Kier alpha value is -1.16. The molecule has 0 aromatic heterocycles. The van der Waals surface area contributed by atoms with Crippen LogP contribution in [0.3, 0.4) is 0 Å². The smallest absolute Gasteiger partial charge is 0.307 e. The number of rotatable bonds is 6. The Balaban J connectivity index is 0. The highest BCUT2D eigenvalue weighted by molar-refractivity contribution is 6.92. The maximum atomic E-state index is 10.4. The summed E-state index contributed by atoms with van der Waals surface area (Å²) >= 11 is 0. The van der Waals surface area contributed by atoms with Gasteiger partial charge in [0.05, 0.1) is 12.3 Å². The molecule has 0 aromatic rings. The third-order valence-corrected chi connectivity index (χ3v) is 1.48. The summed E-state index contributed by atoms with van der Waals surface area (Å²) in [5, 5.41) is 25.0. The van der Waals surface area contributed by atoms with Crippen molar-refractivity contribution in [2.75, 3.05) is 0 Å². The minimum absolute atomic E-state index is 0. The van der Waals surface area contributed by atoms with E-state index in [1.54, 1.807) is 0 Å². The zero-order valence-corrected chi connectivity index (χ0v) is 8.89. The second kappa shape index (κ2) is 7.26. The van der Waals surface area contributed by atoms with Crippen molar-refractivity contribution in [3.8, 4) is 0 Å². The Morgan fingerprint density at radius 2 is 1.50 bits per heavy atom. The molecule has 0 heterocycles. The molecule has 2 unspecified atom stereocenters. The molecule has 0 saturated carbocycles. The predicted molar refractivity (Wildman–Crippen MR) is 51.4 cm³/mol. The third kappa shape index (κ3) is 7.49. The Morgan fingerprint density at radius 1 is 1.00 bits per heavy atom. The van der Waals surface area contributed by atoms with E-state index in [0.717, 1.165) is 0 Å². The van der Waals surface area contributed by atoms with Gasteiger partial charge >= 0.3 is 17.9 Å². The van der Waals surface area contributed by atoms with Gasteiger partial charge in [-0.1, -0.05) is 0 Å². The van der Waals surface area contributed by atoms with Gasteiger partial charge in [-0.3, -0.25) is 14.4 Å². The van der Waals surface area contributed by atoms with Crippen LogP contribution >= 0.6 is 9.90 Å². The van der Waals surface area contributed by atoms with Crippen LogP contribution < -0.4 is 0 Å². The summed E-state index contributed by atoms with van der Waals surface area (Å²) in [5.74, 6) is -4.76. The Kier molecular flexibility index (Phi) is 7.95. The molecule has 0 spiro atoms. The molecule has 14 heavy (non-hydrogen) atoms. The fraction of sp³-hybridized carbons (Fsp3) is 0.571. The van der Waals surface area contributed by atoms with Gasteiger partial charge in [0, 0.05) is 6.42 Å². The van der Waals surface area contributed by atoms with Crippen molar-refractivity contribution in [3.05, 3.63) is 0 Å². The molecular weight excluding hydrogens is 211 g/mol. The molecule has 0 aliphatic rings. The number of hydrogen-bond acceptors (Lipinski definition) is 3. The lowest BCUT2D eigenvalue weighted by molar-refractivity contribution is -0.149. The molecule has 0 saturated heterocycles. The topological polar surface area (TPSA) is 112 Å². The van der Waals surface area contributed by atoms with Gasteiger partial charge in [-0.25, -0.2) is 0 Å². The average molecular weight is 224 g/mol. The zero-order valence-electron chi connectivity index (χ0n) is 7.47. The van der Waals surface area contributed by atoms with Crippen LogP contribution in [0.4, 0.5) is 0 Å². The minimum atomic E-state index is -1.27. The highest BCUT2D eigenvalue weighted by Crippen LogP contribution is 2.11. The van der Waals surface area contributed by atoms with Crippen LogP contribution in [0.5, 0.6) is 0 Å². The fourth-order valence-electron chi connectivity index (χ4n) is 0.821. The van der Waals surface area contributed by atoms with Gasteiger partial charge in [-0.2, -0.15) is 9.90 Å². The van der Waals surface area contributed by atoms with Gasteiger partial charge in [0.25, 0.3) is 0 Å². The van der Waals surface area contributed by atoms with Crippen LogP contribution in [0.2, 0.25) is 0 Å². The molecule has 0 aromatic carbocycles. The molecule has 3 N–H and O–H groups in total. The van der Waals surface area contributed by atoms with Gasteiger partial charge in [0.1, 0.15) is 0 Å². The molecule has 0 fully saturated rings. The van der Waals surface area contributed by atoms with Crippen molar-refractivity contribution in [2.24, 2.45) is 5.92 Å². The van der Waals surface area contributed by atoms with Crippen molar-refractivity contribution in [2.45, 2.75) is 19.3 Å². The number of carbonyl (C=O) groups is 3. The van der Waals surface area contributed by atoms with E-state index >= 15 is 0 Å². The largest absolute Gasteiger partial charge is 0.481 e. The van der Waals surface area contributed by atoms with Crippen molar-refractivity contribution in [1.29, 1.82) is 0 Å². The minimum Gasteiger partial charge on any atom is -0.481 e. The lowest BCUT2D eigenvalue weighted by atomic mass is 10.00. The van der Waals surface area contributed by atoms with Crippen molar-refractivity contribution < 1.29 is 29.7 Å². The van der Waals surface area contributed by atoms with E-state index in [0.29, 0.717) is 0 Å². The summed E-state index contributed by atoms with van der Waals surface area (Å²) in [7, 11) is 0. The standard InChI is InChI=1S/C7H10O6.H3P/c8-5(9)2-1-4(7(12)13)3-6(10)11;/h4H,1-3H2,(H,8,9)(H,10,11)(H,12,13);1H3. The molecule has 7 heteroatoms. The first-order valence-electron chi connectivity index (χ1n) is 3.60. The summed E-state index contributed by atoms with van der Waals surface area (Å²) in [5.41, 5.74) is 0. The number of aliphatic carboxylic acids is 3. The average Bonchev–Trinajstić information content (AvgIpc) is 1.96. The van der Waals surface area contributed by atoms with Gasteiger partial charge < -0.3 is 15.3 Å². The zero-order chi connectivity index (χ0) is 10.4. The van der Waals surface area contributed by atoms with Crippen LogP contribution in [0.25, 0.3) is 0 Å². The van der Waals surface area contributed by atoms with Gasteiger partial charge in [0.15, 0.2) is 0 Å². The van der Waals surface area contributed by atoms with Gasteiger partial charge in [-0.15, -0.1) is 0 Å². The molecule has 0 amide bonds. The summed E-state index contributed by atoms with van der Waals surface area (Å²) in [6.07, 6.45) is -1.02. The number of carboxylic acids is 3. The molecule has 0 rings (SSSR count). The maximum Gasteiger partial charge on any atom is 0.307 e. The Bertz CT molecular complexity index is 226. The third-order valence-electron chi connectivity index (χ3n) is 1.48. The number of carboxylic acid groups (broad SMARTS) is 3. The lowest BCUT2D eigenvalue weighted by Gasteiger charge is -2.06. The van der Waals surface area contributed by atoms with E-state index < -0.39 is 30.2 Å². The lowest BCUT2D eigenvalue weighted by Crippen LogP contribution is -2.18. The highest BCUT2D eigenvalue weighted by atomic mass is 31.0. The first-order chi connectivity index (χ1) is 5.93. The molecule has 6 nitrogen and oxygen atoms in total. The van der Waals surface area contributed by atoms with Crippen LogP contribution in [0, 0.1) is 5.92 Å². The normalized spacial score (nSPS) is 11.1.